The first kappa shape index (κ1) is 16.9. The minimum atomic E-state index is -3.17. The number of rotatable bonds is 7. The van der Waals surface area contributed by atoms with Gasteiger partial charge in [-0.2, -0.15) is 0 Å². The molecule has 23 heavy (non-hydrogen) atoms. The third kappa shape index (κ3) is 6.03. The first-order valence-corrected chi connectivity index (χ1v) is 8.90. The molecule has 8 heteroatoms. The molecule has 1 aromatic heterocycles. The summed E-state index contributed by atoms with van der Waals surface area (Å²) in [6.45, 7) is 0.158. The molecule has 122 valence electrons. The third-order valence-corrected chi connectivity index (χ3v) is 3.50. The Morgan fingerprint density at radius 2 is 2.00 bits per heavy atom. The van der Waals surface area contributed by atoms with E-state index in [1.807, 2.05) is 30.3 Å². The van der Waals surface area contributed by atoms with E-state index in [1.165, 1.54) is 6.08 Å². The van der Waals surface area contributed by atoms with Crippen molar-refractivity contribution in [2.75, 3.05) is 12.8 Å². The predicted molar refractivity (Wildman–Crippen MR) is 85.0 cm³/mol. The van der Waals surface area contributed by atoms with Crippen LogP contribution in [0, 0.1) is 0 Å². The Kier molecular flexibility index (Phi) is 5.64. The van der Waals surface area contributed by atoms with E-state index in [1.54, 1.807) is 0 Å². The maximum Gasteiger partial charge on any atom is 0.247 e. The first-order valence-electron chi connectivity index (χ1n) is 6.95. The van der Waals surface area contributed by atoms with Gasteiger partial charge in [0.25, 0.3) is 0 Å². The summed E-state index contributed by atoms with van der Waals surface area (Å²) in [4.78, 5) is 11.6. The number of carbonyl (C=O) groups excluding carboxylic acids is 1. The van der Waals surface area contributed by atoms with Crippen molar-refractivity contribution in [3.05, 3.63) is 47.7 Å². The molecule has 2 aromatic rings. The molecule has 0 bridgehead atoms. The van der Waals surface area contributed by atoms with Crippen molar-refractivity contribution in [3.63, 3.8) is 0 Å². The van der Waals surface area contributed by atoms with E-state index in [-0.39, 0.29) is 18.9 Å². The number of amides is 1. The van der Waals surface area contributed by atoms with Crippen LogP contribution in [-0.2, 0) is 21.1 Å². The molecule has 1 N–H and O–H groups in total. The van der Waals surface area contributed by atoms with Gasteiger partial charge < -0.3 is 9.73 Å². The molecule has 0 aliphatic carbocycles. The first-order chi connectivity index (χ1) is 10.9. The van der Waals surface area contributed by atoms with Gasteiger partial charge in [-0.25, -0.2) is 8.42 Å². The van der Waals surface area contributed by atoms with Crippen molar-refractivity contribution < 1.29 is 17.6 Å². The molecule has 0 atom stereocenters. The van der Waals surface area contributed by atoms with E-state index in [0.717, 1.165) is 17.2 Å². The average molecular weight is 335 g/mol. The fourth-order valence-corrected chi connectivity index (χ4v) is 2.20. The van der Waals surface area contributed by atoms with Crippen LogP contribution in [0.3, 0.4) is 0 Å². The molecular formula is C15H17N3O4S. The summed E-state index contributed by atoms with van der Waals surface area (Å²) >= 11 is 0. The lowest BCUT2D eigenvalue weighted by Crippen LogP contribution is -2.23. The van der Waals surface area contributed by atoms with Crippen molar-refractivity contribution in [1.29, 1.82) is 0 Å². The predicted octanol–water partition coefficient (Wildman–Crippen LogP) is 1.34. The molecule has 1 heterocycles. The van der Waals surface area contributed by atoms with Crippen molar-refractivity contribution in [3.8, 4) is 11.5 Å². The standard InChI is InChI=1S/C15H17N3O4S/c1-23(20,21)11-5-10-16-13(19)8-9-14-17-18-15(22-14)12-6-3-2-4-7-12/h2-7,11H,8-10H2,1H3,(H,16,19)/b11-5+. The zero-order valence-electron chi connectivity index (χ0n) is 12.6. The highest BCUT2D eigenvalue weighted by Crippen LogP contribution is 2.17. The monoisotopic (exact) mass is 335 g/mol. The van der Waals surface area contributed by atoms with Crippen molar-refractivity contribution >= 4 is 15.7 Å². The molecular weight excluding hydrogens is 318 g/mol. The highest BCUT2D eigenvalue weighted by atomic mass is 32.2. The third-order valence-electron chi connectivity index (χ3n) is 2.81. The molecule has 0 aliphatic rings. The number of sulfone groups is 1. The van der Waals surface area contributed by atoms with Gasteiger partial charge in [-0.15, -0.1) is 10.2 Å². The highest BCUT2D eigenvalue weighted by molar-refractivity contribution is 7.93. The zero-order chi connectivity index (χ0) is 16.7. The molecule has 0 fully saturated rings. The minimum absolute atomic E-state index is 0.158. The molecule has 7 nitrogen and oxygen atoms in total. The number of hydrogen-bond acceptors (Lipinski definition) is 6. The van der Waals surface area contributed by atoms with E-state index < -0.39 is 9.84 Å². The Morgan fingerprint density at radius 1 is 1.26 bits per heavy atom. The summed E-state index contributed by atoms with van der Waals surface area (Å²) in [6.07, 6.45) is 2.98. The summed E-state index contributed by atoms with van der Waals surface area (Å²) in [5, 5.41) is 11.5. The van der Waals surface area contributed by atoms with Crippen LogP contribution in [0.2, 0.25) is 0 Å². The van der Waals surface area contributed by atoms with Gasteiger partial charge in [0.2, 0.25) is 17.7 Å². The second-order valence-electron chi connectivity index (χ2n) is 4.87. The van der Waals surface area contributed by atoms with Gasteiger partial charge in [0.05, 0.1) is 0 Å². The average Bonchev–Trinajstić information content (AvgIpc) is 2.98. The Morgan fingerprint density at radius 3 is 2.70 bits per heavy atom. The van der Waals surface area contributed by atoms with Crippen molar-refractivity contribution in [1.82, 2.24) is 15.5 Å². The van der Waals surface area contributed by atoms with Crippen LogP contribution in [0.5, 0.6) is 0 Å². The van der Waals surface area contributed by atoms with Gasteiger partial charge in [0.1, 0.15) is 0 Å². The molecule has 0 saturated heterocycles. The Bertz CT molecular complexity index is 782. The van der Waals surface area contributed by atoms with Gasteiger partial charge in [-0.05, 0) is 12.1 Å². The van der Waals surface area contributed by atoms with Gasteiger partial charge in [-0.3, -0.25) is 4.79 Å². The van der Waals surface area contributed by atoms with Crippen LogP contribution in [0.4, 0.5) is 0 Å². The number of carbonyl (C=O) groups is 1. The lowest BCUT2D eigenvalue weighted by atomic mass is 10.2. The molecule has 1 amide bonds. The largest absolute Gasteiger partial charge is 0.421 e. The Labute approximate surface area is 134 Å². The number of aryl methyl sites for hydroxylation is 1. The van der Waals surface area contributed by atoms with Gasteiger partial charge in [0.15, 0.2) is 9.84 Å². The molecule has 0 aliphatic heterocycles. The van der Waals surface area contributed by atoms with Crippen LogP contribution in [-0.4, -0.2) is 37.3 Å². The summed E-state index contributed by atoms with van der Waals surface area (Å²) in [7, 11) is -3.17. The molecule has 0 radical (unpaired) electrons. The highest BCUT2D eigenvalue weighted by Gasteiger charge is 2.09. The van der Waals surface area contributed by atoms with E-state index in [2.05, 4.69) is 15.5 Å². The topological polar surface area (TPSA) is 102 Å². The van der Waals surface area contributed by atoms with Crippen LogP contribution in [0.15, 0.2) is 46.2 Å². The second kappa shape index (κ2) is 7.68. The number of nitrogens with one attached hydrogen (secondary N) is 1. The quantitative estimate of drug-likeness (QED) is 0.819. The van der Waals surface area contributed by atoms with Crippen LogP contribution in [0.1, 0.15) is 12.3 Å². The van der Waals surface area contributed by atoms with Crippen LogP contribution in [0.25, 0.3) is 11.5 Å². The van der Waals surface area contributed by atoms with Crippen LogP contribution >= 0.6 is 0 Å². The van der Waals surface area contributed by atoms with Gasteiger partial charge >= 0.3 is 0 Å². The van der Waals surface area contributed by atoms with E-state index in [0.29, 0.717) is 18.2 Å². The molecule has 1 aromatic carbocycles. The fourth-order valence-electron chi connectivity index (χ4n) is 1.76. The van der Waals surface area contributed by atoms with Crippen molar-refractivity contribution in [2.45, 2.75) is 12.8 Å². The number of hydrogen-bond donors (Lipinski definition) is 1. The number of benzene rings is 1. The summed E-state index contributed by atoms with van der Waals surface area (Å²) in [5.74, 6) is 0.574. The maximum atomic E-state index is 11.6. The van der Waals surface area contributed by atoms with Crippen LogP contribution < -0.4 is 5.32 Å². The number of aromatic nitrogens is 2. The zero-order valence-corrected chi connectivity index (χ0v) is 13.4. The summed E-state index contributed by atoms with van der Waals surface area (Å²) in [5.41, 5.74) is 0.821. The molecule has 0 saturated carbocycles. The Hall–Kier alpha value is -2.48. The molecule has 0 spiro atoms. The lowest BCUT2D eigenvalue weighted by molar-refractivity contribution is -0.120. The lowest BCUT2D eigenvalue weighted by Gasteiger charge is -1.99. The summed E-state index contributed by atoms with van der Waals surface area (Å²) < 4.78 is 27.3. The van der Waals surface area contributed by atoms with E-state index >= 15 is 0 Å². The van der Waals surface area contributed by atoms with E-state index in [4.69, 9.17) is 4.42 Å². The van der Waals surface area contributed by atoms with Gasteiger partial charge in [-0.1, -0.05) is 24.3 Å². The molecule has 2 rings (SSSR count). The van der Waals surface area contributed by atoms with E-state index in [9.17, 15) is 13.2 Å². The normalized spacial score (nSPS) is 11.7. The SMILES string of the molecule is CS(=O)(=O)/C=C/CNC(=O)CCc1nnc(-c2ccccc2)o1. The fraction of sp³-hybridized carbons (Fsp3) is 0.267. The second-order valence-corrected chi connectivity index (χ2v) is 6.80. The maximum absolute atomic E-state index is 11.6. The number of nitrogens with zero attached hydrogens (tertiary/aromatic N) is 2. The smallest absolute Gasteiger partial charge is 0.247 e. The summed E-state index contributed by atoms with van der Waals surface area (Å²) in [6, 6.07) is 9.35. The van der Waals surface area contributed by atoms with Gasteiger partial charge in [0, 0.05) is 36.6 Å². The molecule has 0 unspecified atom stereocenters. The van der Waals surface area contributed by atoms with Crippen molar-refractivity contribution in [2.24, 2.45) is 0 Å². The minimum Gasteiger partial charge on any atom is -0.421 e. The Balaban J connectivity index is 1.79.